The minimum atomic E-state index is 0.987. The zero-order valence-electron chi connectivity index (χ0n) is 12.4. The molecular weight excluding hydrogens is 236 g/mol. The molecule has 0 aliphatic carbocycles. The molecule has 0 spiro atoms. The number of aromatic nitrogens is 1. The van der Waals surface area contributed by atoms with Crippen molar-refractivity contribution in [3.8, 4) is 0 Å². The van der Waals surface area contributed by atoms with Crippen LogP contribution in [0.15, 0.2) is 18.3 Å². The summed E-state index contributed by atoms with van der Waals surface area (Å²) in [6.07, 6.45) is 3.38. The maximum Gasteiger partial charge on any atom is 0.0359 e. The third-order valence-corrected chi connectivity index (χ3v) is 3.89. The van der Waals surface area contributed by atoms with Crippen LogP contribution in [0.25, 0.3) is 0 Å². The Hall–Kier alpha value is -0.840. The van der Waals surface area contributed by atoms with Gasteiger partial charge in [0.15, 0.2) is 0 Å². The van der Waals surface area contributed by atoms with E-state index in [-0.39, 0.29) is 0 Å². The Balaban J connectivity index is 1.62. The maximum atomic E-state index is 3.57. The first-order valence-corrected chi connectivity index (χ1v) is 7.55. The first kappa shape index (κ1) is 14.6. The van der Waals surface area contributed by atoms with Gasteiger partial charge < -0.3 is 14.8 Å². The fourth-order valence-electron chi connectivity index (χ4n) is 2.59. The van der Waals surface area contributed by atoms with E-state index in [0.717, 1.165) is 19.6 Å². The Morgan fingerprint density at radius 1 is 1.16 bits per heavy atom. The fourth-order valence-corrected chi connectivity index (χ4v) is 2.59. The van der Waals surface area contributed by atoms with Crippen molar-refractivity contribution in [2.75, 3.05) is 46.3 Å². The number of rotatable bonds is 7. The molecular formula is C15H28N4. The van der Waals surface area contributed by atoms with Crippen LogP contribution < -0.4 is 5.32 Å². The Bertz CT molecular complexity index is 353. The van der Waals surface area contributed by atoms with Gasteiger partial charge in [-0.2, -0.15) is 0 Å². The Morgan fingerprint density at radius 2 is 1.95 bits per heavy atom. The van der Waals surface area contributed by atoms with Crippen LogP contribution in [0.1, 0.15) is 19.0 Å². The maximum absolute atomic E-state index is 3.57. The summed E-state index contributed by atoms with van der Waals surface area (Å²) in [5, 5.41) is 3.57. The zero-order valence-corrected chi connectivity index (χ0v) is 12.4. The molecule has 0 atom stereocenters. The normalized spacial score (nSPS) is 18.0. The molecule has 1 aliphatic rings. The van der Waals surface area contributed by atoms with Crippen LogP contribution in [0.4, 0.5) is 0 Å². The summed E-state index contributed by atoms with van der Waals surface area (Å²) >= 11 is 0. The lowest BCUT2D eigenvalue weighted by molar-refractivity contribution is 0.154. The zero-order chi connectivity index (χ0) is 13.5. The van der Waals surface area contributed by atoms with E-state index >= 15 is 0 Å². The van der Waals surface area contributed by atoms with E-state index in [0.29, 0.717) is 0 Å². The predicted molar refractivity (Wildman–Crippen MR) is 80.4 cm³/mol. The highest BCUT2D eigenvalue weighted by molar-refractivity contribution is 5.06. The van der Waals surface area contributed by atoms with Crippen molar-refractivity contribution in [3.05, 3.63) is 24.0 Å². The highest BCUT2D eigenvalue weighted by Gasteiger charge is 2.12. The first-order chi connectivity index (χ1) is 9.29. The van der Waals surface area contributed by atoms with E-state index in [4.69, 9.17) is 0 Å². The van der Waals surface area contributed by atoms with E-state index in [9.17, 15) is 0 Å². The van der Waals surface area contributed by atoms with Crippen molar-refractivity contribution in [1.29, 1.82) is 0 Å². The largest absolute Gasteiger partial charge is 0.350 e. The average Bonchev–Trinajstić information content (AvgIpc) is 2.85. The molecule has 1 aromatic rings. The summed E-state index contributed by atoms with van der Waals surface area (Å²) < 4.78 is 2.35. The lowest BCUT2D eigenvalue weighted by Gasteiger charge is -2.32. The minimum absolute atomic E-state index is 0.987. The van der Waals surface area contributed by atoms with Gasteiger partial charge in [0.2, 0.25) is 0 Å². The van der Waals surface area contributed by atoms with Crippen molar-refractivity contribution in [2.24, 2.45) is 0 Å². The van der Waals surface area contributed by atoms with Crippen molar-refractivity contribution in [1.82, 2.24) is 19.7 Å². The van der Waals surface area contributed by atoms with E-state index in [1.807, 2.05) is 0 Å². The minimum Gasteiger partial charge on any atom is -0.350 e. The standard InChI is InChI=1S/C15H28N4/c1-3-7-19-8-4-5-15(19)14-16-6-9-18-12-10-17(2)11-13-18/h4-5,8,16H,3,6-7,9-14H2,1-2H3. The molecule has 2 rings (SSSR count). The van der Waals surface area contributed by atoms with E-state index in [1.165, 1.54) is 44.8 Å². The quantitative estimate of drug-likeness (QED) is 0.750. The van der Waals surface area contributed by atoms with Gasteiger partial charge in [-0.15, -0.1) is 0 Å². The third-order valence-electron chi connectivity index (χ3n) is 3.89. The number of nitrogens with one attached hydrogen (secondary N) is 1. The molecule has 0 aromatic carbocycles. The predicted octanol–water partition coefficient (Wildman–Crippen LogP) is 1.24. The third kappa shape index (κ3) is 4.64. The number of piperazine rings is 1. The second-order valence-corrected chi connectivity index (χ2v) is 5.51. The molecule has 0 radical (unpaired) electrons. The Labute approximate surface area is 117 Å². The van der Waals surface area contributed by atoms with Crippen LogP contribution in [-0.2, 0) is 13.1 Å². The van der Waals surface area contributed by atoms with Gasteiger partial charge in [0, 0.05) is 64.2 Å². The van der Waals surface area contributed by atoms with Crippen LogP contribution >= 0.6 is 0 Å². The summed E-state index contributed by atoms with van der Waals surface area (Å²) in [4.78, 5) is 4.96. The number of hydrogen-bond donors (Lipinski definition) is 1. The van der Waals surface area contributed by atoms with E-state index < -0.39 is 0 Å². The average molecular weight is 264 g/mol. The van der Waals surface area contributed by atoms with Crippen LogP contribution in [0.2, 0.25) is 0 Å². The van der Waals surface area contributed by atoms with Gasteiger partial charge in [0.25, 0.3) is 0 Å². The lowest BCUT2D eigenvalue weighted by Crippen LogP contribution is -2.46. The topological polar surface area (TPSA) is 23.4 Å². The molecule has 4 nitrogen and oxygen atoms in total. The SMILES string of the molecule is CCCn1cccc1CNCCN1CCN(C)CC1. The van der Waals surface area contributed by atoms with Crippen LogP contribution in [0.5, 0.6) is 0 Å². The molecule has 0 bridgehead atoms. The van der Waals surface area contributed by atoms with Gasteiger partial charge in [-0.1, -0.05) is 6.92 Å². The summed E-state index contributed by atoms with van der Waals surface area (Å²) in [7, 11) is 2.21. The molecule has 0 saturated carbocycles. The van der Waals surface area contributed by atoms with Gasteiger partial charge in [0.05, 0.1) is 0 Å². The van der Waals surface area contributed by atoms with Gasteiger partial charge in [-0.25, -0.2) is 0 Å². The summed E-state index contributed by atoms with van der Waals surface area (Å²) in [5.74, 6) is 0. The summed E-state index contributed by atoms with van der Waals surface area (Å²) in [6, 6.07) is 4.37. The molecule has 0 unspecified atom stereocenters. The molecule has 0 amide bonds. The molecule has 1 N–H and O–H groups in total. The van der Waals surface area contributed by atoms with Crippen LogP contribution in [0.3, 0.4) is 0 Å². The molecule has 1 saturated heterocycles. The van der Waals surface area contributed by atoms with Gasteiger partial charge >= 0.3 is 0 Å². The van der Waals surface area contributed by atoms with Crippen molar-refractivity contribution in [2.45, 2.75) is 26.4 Å². The molecule has 4 heteroatoms. The fraction of sp³-hybridized carbons (Fsp3) is 0.733. The highest BCUT2D eigenvalue weighted by atomic mass is 15.2. The van der Waals surface area contributed by atoms with E-state index in [2.05, 4.69) is 52.0 Å². The smallest absolute Gasteiger partial charge is 0.0359 e. The van der Waals surface area contributed by atoms with Crippen molar-refractivity contribution in [3.63, 3.8) is 0 Å². The van der Waals surface area contributed by atoms with Crippen LogP contribution in [0, 0.1) is 0 Å². The first-order valence-electron chi connectivity index (χ1n) is 7.55. The Morgan fingerprint density at radius 3 is 2.68 bits per heavy atom. The number of aryl methyl sites for hydroxylation is 1. The van der Waals surface area contributed by atoms with Gasteiger partial charge in [0.1, 0.15) is 0 Å². The second-order valence-electron chi connectivity index (χ2n) is 5.51. The van der Waals surface area contributed by atoms with Crippen molar-refractivity contribution < 1.29 is 0 Å². The van der Waals surface area contributed by atoms with E-state index in [1.54, 1.807) is 0 Å². The monoisotopic (exact) mass is 264 g/mol. The summed E-state index contributed by atoms with van der Waals surface area (Å²) in [6.45, 7) is 11.4. The van der Waals surface area contributed by atoms with Crippen molar-refractivity contribution >= 4 is 0 Å². The summed E-state index contributed by atoms with van der Waals surface area (Å²) in [5.41, 5.74) is 1.40. The number of hydrogen-bond acceptors (Lipinski definition) is 3. The second kappa shape index (κ2) is 7.68. The van der Waals surface area contributed by atoms with Gasteiger partial charge in [-0.3, -0.25) is 4.90 Å². The number of likely N-dealkylation sites (N-methyl/N-ethyl adjacent to an activating group) is 1. The molecule has 108 valence electrons. The molecule has 2 heterocycles. The highest BCUT2D eigenvalue weighted by Crippen LogP contribution is 2.03. The Kier molecular flexibility index (Phi) is 5.89. The molecule has 1 fully saturated rings. The molecule has 1 aromatic heterocycles. The molecule has 19 heavy (non-hydrogen) atoms. The lowest BCUT2D eigenvalue weighted by atomic mass is 10.3. The molecule has 1 aliphatic heterocycles. The number of nitrogens with zero attached hydrogens (tertiary/aromatic N) is 3. The van der Waals surface area contributed by atoms with Gasteiger partial charge in [-0.05, 0) is 25.6 Å². The van der Waals surface area contributed by atoms with Crippen LogP contribution in [-0.4, -0.2) is 60.7 Å².